The largest absolute Gasteiger partial charge is 0.452 e. The van der Waals surface area contributed by atoms with Gasteiger partial charge in [0, 0.05) is 17.2 Å². The van der Waals surface area contributed by atoms with Gasteiger partial charge in [0.2, 0.25) is 0 Å². The molecule has 0 saturated heterocycles. The van der Waals surface area contributed by atoms with Crippen molar-refractivity contribution in [1.29, 1.82) is 0 Å². The molecule has 0 heterocycles. The lowest BCUT2D eigenvalue weighted by molar-refractivity contribution is -0.383. The third-order valence-corrected chi connectivity index (χ3v) is 3.50. The van der Waals surface area contributed by atoms with Gasteiger partial charge in [0.25, 0.3) is 11.6 Å². The minimum Gasteiger partial charge on any atom is -0.452 e. The third-order valence-electron chi connectivity index (χ3n) is 3.26. The molecule has 0 atom stereocenters. The van der Waals surface area contributed by atoms with Gasteiger partial charge in [-0.15, -0.1) is 0 Å². The molecule has 8 heteroatoms. The molecule has 1 amide bonds. The highest BCUT2D eigenvalue weighted by atomic mass is 35.5. The van der Waals surface area contributed by atoms with E-state index in [4.69, 9.17) is 16.3 Å². The average Bonchev–Trinajstić information content (AvgIpc) is 2.59. The number of aryl methyl sites for hydroxylation is 1. The molecule has 134 valence electrons. The van der Waals surface area contributed by atoms with Gasteiger partial charge in [0.1, 0.15) is 5.69 Å². The maximum absolute atomic E-state index is 11.8. The summed E-state index contributed by atoms with van der Waals surface area (Å²) in [5, 5.41) is 13.5. The molecule has 0 aliphatic heterocycles. The van der Waals surface area contributed by atoms with Gasteiger partial charge in [-0.05, 0) is 30.7 Å². The van der Waals surface area contributed by atoms with Gasteiger partial charge in [0.05, 0.1) is 4.92 Å². The lowest BCUT2D eigenvalue weighted by Gasteiger charge is -2.06. The fourth-order valence-electron chi connectivity index (χ4n) is 1.98. The van der Waals surface area contributed by atoms with Crippen molar-refractivity contribution in [1.82, 2.24) is 0 Å². The number of carbonyl (C=O) groups excluding carboxylic acids is 2. The number of hydrogen-bond donors (Lipinski definition) is 1. The number of nitro benzene ring substituents is 1. The summed E-state index contributed by atoms with van der Waals surface area (Å²) in [6.45, 7) is 1.37. The van der Waals surface area contributed by atoms with Crippen molar-refractivity contribution in [3.63, 3.8) is 0 Å². The minimum absolute atomic E-state index is 0.0706. The van der Waals surface area contributed by atoms with Crippen molar-refractivity contribution in [3.8, 4) is 0 Å². The Bertz CT molecular complexity index is 862. The third kappa shape index (κ3) is 5.71. The maximum Gasteiger partial charge on any atom is 0.331 e. The Morgan fingerprint density at radius 1 is 1.23 bits per heavy atom. The van der Waals surface area contributed by atoms with Gasteiger partial charge >= 0.3 is 5.97 Å². The average molecular weight is 375 g/mol. The van der Waals surface area contributed by atoms with Crippen molar-refractivity contribution < 1.29 is 19.2 Å². The van der Waals surface area contributed by atoms with Crippen molar-refractivity contribution in [2.24, 2.45) is 0 Å². The smallest absolute Gasteiger partial charge is 0.331 e. The van der Waals surface area contributed by atoms with Crippen LogP contribution in [0.4, 0.5) is 11.4 Å². The highest BCUT2D eigenvalue weighted by molar-refractivity contribution is 6.31. The molecule has 2 rings (SSSR count). The van der Waals surface area contributed by atoms with Crippen LogP contribution in [0.1, 0.15) is 11.1 Å². The number of benzene rings is 2. The summed E-state index contributed by atoms with van der Waals surface area (Å²) in [7, 11) is 0. The Morgan fingerprint density at radius 2 is 1.92 bits per heavy atom. The normalized spacial score (nSPS) is 10.5. The number of nitrogens with one attached hydrogen (secondary N) is 1. The van der Waals surface area contributed by atoms with Gasteiger partial charge < -0.3 is 10.1 Å². The van der Waals surface area contributed by atoms with Crippen LogP contribution in [0.3, 0.4) is 0 Å². The molecule has 1 N–H and O–H groups in total. The highest BCUT2D eigenvalue weighted by Crippen LogP contribution is 2.27. The molecule has 0 aromatic heterocycles. The monoisotopic (exact) mass is 374 g/mol. The fraction of sp³-hybridized carbons (Fsp3) is 0.111. The number of nitro groups is 1. The van der Waals surface area contributed by atoms with Crippen LogP contribution >= 0.6 is 11.6 Å². The summed E-state index contributed by atoms with van der Waals surface area (Å²) in [5.74, 6) is -1.42. The lowest BCUT2D eigenvalue weighted by atomic mass is 10.1. The number of nitrogens with zero attached hydrogens (tertiary/aromatic N) is 1. The molecule has 0 aliphatic carbocycles. The van der Waals surface area contributed by atoms with E-state index in [-0.39, 0.29) is 16.4 Å². The zero-order valence-corrected chi connectivity index (χ0v) is 14.5. The molecule has 0 aliphatic rings. The molecule has 0 saturated carbocycles. The van der Waals surface area contributed by atoms with E-state index in [9.17, 15) is 19.7 Å². The van der Waals surface area contributed by atoms with E-state index in [1.54, 1.807) is 6.08 Å². The van der Waals surface area contributed by atoms with Crippen LogP contribution < -0.4 is 5.32 Å². The van der Waals surface area contributed by atoms with Gasteiger partial charge in [-0.2, -0.15) is 0 Å². The van der Waals surface area contributed by atoms with Gasteiger partial charge in [-0.3, -0.25) is 14.9 Å². The van der Waals surface area contributed by atoms with E-state index in [0.29, 0.717) is 0 Å². The molecule has 7 nitrogen and oxygen atoms in total. The van der Waals surface area contributed by atoms with E-state index in [2.05, 4.69) is 5.32 Å². The van der Waals surface area contributed by atoms with Crippen molar-refractivity contribution in [3.05, 3.63) is 74.8 Å². The highest BCUT2D eigenvalue weighted by Gasteiger charge is 2.16. The molecule has 26 heavy (non-hydrogen) atoms. The van der Waals surface area contributed by atoms with Crippen LogP contribution in [-0.4, -0.2) is 23.4 Å². The van der Waals surface area contributed by atoms with E-state index >= 15 is 0 Å². The molecule has 0 radical (unpaired) electrons. The Balaban J connectivity index is 1.90. The first-order chi connectivity index (χ1) is 12.3. The number of ether oxygens (including phenoxy) is 1. The van der Waals surface area contributed by atoms with E-state index in [0.717, 1.165) is 11.1 Å². The summed E-state index contributed by atoms with van der Waals surface area (Å²) in [6.07, 6.45) is 2.75. The first-order valence-corrected chi connectivity index (χ1v) is 7.88. The number of rotatable bonds is 6. The van der Waals surface area contributed by atoms with Crippen molar-refractivity contribution in [2.75, 3.05) is 11.9 Å². The molecule has 0 fully saturated rings. The zero-order chi connectivity index (χ0) is 19.1. The summed E-state index contributed by atoms with van der Waals surface area (Å²) < 4.78 is 4.81. The molecular weight excluding hydrogens is 360 g/mol. The minimum atomic E-state index is -0.715. The second-order valence-electron chi connectivity index (χ2n) is 5.32. The Kier molecular flexibility index (Phi) is 6.46. The van der Waals surface area contributed by atoms with Crippen molar-refractivity contribution >= 4 is 40.9 Å². The number of carbonyl (C=O) groups is 2. The van der Waals surface area contributed by atoms with Crippen LogP contribution in [0.25, 0.3) is 6.08 Å². The molecule has 0 bridgehead atoms. The quantitative estimate of drug-likeness (QED) is 0.359. The number of esters is 1. The van der Waals surface area contributed by atoms with E-state index in [1.165, 1.54) is 24.3 Å². The summed E-state index contributed by atoms with van der Waals surface area (Å²) >= 11 is 5.77. The molecule has 2 aromatic rings. The van der Waals surface area contributed by atoms with E-state index in [1.807, 2.05) is 31.2 Å². The van der Waals surface area contributed by atoms with Crippen LogP contribution in [0.15, 0.2) is 48.5 Å². The van der Waals surface area contributed by atoms with E-state index < -0.39 is 23.4 Å². The van der Waals surface area contributed by atoms with Gasteiger partial charge in [-0.25, -0.2) is 4.79 Å². The summed E-state index contributed by atoms with van der Waals surface area (Å²) in [5.41, 5.74) is 1.52. The first-order valence-electron chi connectivity index (χ1n) is 7.50. The second kappa shape index (κ2) is 8.77. The number of hydrogen-bond acceptors (Lipinski definition) is 5. The zero-order valence-electron chi connectivity index (χ0n) is 13.8. The van der Waals surface area contributed by atoms with Crippen LogP contribution in [0.2, 0.25) is 5.02 Å². The standard InChI is InChI=1S/C18H15ClN2O5/c1-12-2-4-13(5-3-12)6-9-18(23)26-11-17(22)20-15-10-14(19)7-8-16(15)21(24)25/h2-10H,11H2,1H3,(H,20,22)/b9-6+. The number of amides is 1. The number of halogens is 1. The predicted octanol–water partition coefficient (Wildman–Crippen LogP) is 3.75. The fourth-order valence-corrected chi connectivity index (χ4v) is 2.15. The number of anilines is 1. The maximum atomic E-state index is 11.8. The lowest BCUT2D eigenvalue weighted by Crippen LogP contribution is -2.20. The molecule has 0 spiro atoms. The predicted molar refractivity (Wildman–Crippen MR) is 97.9 cm³/mol. The van der Waals surface area contributed by atoms with Crippen LogP contribution in [0.5, 0.6) is 0 Å². The topological polar surface area (TPSA) is 98.5 Å². The second-order valence-corrected chi connectivity index (χ2v) is 5.75. The van der Waals surface area contributed by atoms with Crippen LogP contribution in [0, 0.1) is 17.0 Å². The Hall–Kier alpha value is -3.19. The SMILES string of the molecule is Cc1ccc(/C=C/C(=O)OCC(=O)Nc2cc(Cl)ccc2[N+](=O)[O-])cc1. The van der Waals surface area contributed by atoms with Gasteiger partial charge in [-0.1, -0.05) is 41.4 Å². The summed E-state index contributed by atoms with van der Waals surface area (Å²) in [4.78, 5) is 33.8. The molecule has 2 aromatic carbocycles. The Labute approximate surface area is 154 Å². The van der Waals surface area contributed by atoms with Crippen LogP contribution in [-0.2, 0) is 14.3 Å². The first kappa shape index (κ1) is 19.1. The molecular formula is C18H15ClN2O5. The van der Waals surface area contributed by atoms with Gasteiger partial charge in [0.15, 0.2) is 6.61 Å². The molecule has 0 unspecified atom stereocenters. The Morgan fingerprint density at radius 3 is 2.58 bits per heavy atom. The summed E-state index contributed by atoms with van der Waals surface area (Å²) in [6, 6.07) is 11.2. The van der Waals surface area contributed by atoms with Crippen molar-refractivity contribution in [2.45, 2.75) is 6.92 Å².